The summed E-state index contributed by atoms with van der Waals surface area (Å²) in [5.74, 6) is 1.36. The van der Waals surface area contributed by atoms with E-state index < -0.39 is 28.1 Å². The number of piperidine rings is 1. The highest BCUT2D eigenvalue weighted by molar-refractivity contribution is 8.03. The summed E-state index contributed by atoms with van der Waals surface area (Å²) in [5, 5.41) is 31.4. The Hall–Kier alpha value is -10.8. The third-order valence-corrected chi connectivity index (χ3v) is 20.1. The lowest BCUT2D eigenvalue weighted by Gasteiger charge is -2.44. The van der Waals surface area contributed by atoms with Crippen LogP contribution in [0.15, 0.2) is 166 Å². The fourth-order valence-electron chi connectivity index (χ4n) is 13.4. The molecule has 3 fully saturated rings. The summed E-state index contributed by atoms with van der Waals surface area (Å²) in [7, 11) is 0.0672. The number of methoxy groups -OCH3 is 1. The van der Waals surface area contributed by atoms with Gasteiger partial charge >= 0.3 is 5.97 Å². The number of imidazole rings is 1. The Kier molecular flexibility index (Phi) is 30.3. The predicted molar refractivity (Wildman–Crippen MR) is 433 cm³/mol. The maximum absolute atomic E-state index is 13.4. The summed E-state index contributed by atoms with van der Waals surface area (Å²) in [6.45, 7) is 19.6. The number of amides is 2. The van der Waals surface area contributed by atoms with E-state index in [-0.39, 0.29) is 40.6 Å². The van der Waals surface area contributed by atoms with Gasteiger partial charge in [0.15, 0.2) is 28.7 Å². The Morgan fingerprint density at radius 3 is 2.29 bits per heavy atom. The van der Waals surface area contributed by atoms with Gasteiger partial charge in [-0.05, 0) is 156 Å². The molecule has 112 heavy (non-hydrogen) atoms. The highest BCUT2D eigenvalue weighted by Gasteiger charge is 2.56. The number of anilines is 4. The molecule has 0 unspecified atom stereocenters. The van der Waals surface area contributed by atoms with Crippen LogP contribution in [-0.4, -0.2) is 210 Å². The van der Waals surface area contributed by atoms with E-state index in [2.05, 4.69) is 91.9 Å². The summed E-state index contributed by atoms with van der Waals surface area (Å²) in [6.07, 6.45) is 11.6. The van der Waals surface area contributed by atoms with Crippen molar-refractivity contribution in [2.45, 2.75) is 91.5 Å². The number of fused-ring (bicyclic) bond motifs is 5. The Balaban J connectivity index is 0.000000173. The molecule has 5 aromatic carbocycles. The number of aliphatic hydroxyl groups excluding tert-OH is 1. The molecule has 0 aliphatic carbocycles. The van der Waals surface area contributed by atoms with Crippen molar-refractivity contribution in [1.29, 1.82) is 0 Å². The number of nitrogens with zero attached hydrogens (tertiary/aromatic N) is 12. The number of thioether (sulfide) groups is 1. The summed E-state index contributed by atoms with van der Waals surface area (Å²) in [5.41, 5.74) is 22.1. The first kappa shape index (κ1) is 85.2. The normalized spacial score (nSPS) is 16.2. The number of nitrogens with one attached hydrogen (secondary N) is 2. The molecular formula is C80H97FN16O13S2. The SMILES string of the molecule is CC(C)Cn1cnc2c(N)nc3ccccc3c21.COc1cc(C(C)=O)ccc1OCCCN1CCC(c2noc3cc(F)ccc23)CC1.CS(=O)(=O)O.C[C@@H](O)[C@H]1C(=O)N2C(C(=O)O)=C(SCCN=CN)C[C@H]12.Cc1ccc(NC(=O)c2ccc(CN3CCN(C)CC3)cc2)cc1Nc1nccc(-c2cccnc2)n1.O. The lowest BCUT2D eigenvalue weighted by molar-refractivity contribution is -0.161. The van der Waals surface area contributed by atoms with Crippen molar-refractivity contribution in [1.82, 2.24) is 54.2 Å². The highest BCUT2D eigenvalue weighted by Crippen LogP contribution is 2.47. The lowest BCUT2D eigenvalue weighted by atomic mass is 9.83. The predicted octanol–water partition coefficient (Wildman–Crippen LogP) is 10.5. The van der Waals surface area contributed by atoms with Crippen LogP contribution < -0.4 is 31.6 Å². The van der Waals surface area contributed by atoms with Crippen molar-refractivity contribution in [3.05, 3.63) is 191 Å². The topological polar surface area (TPSA) is 410 Å². The Labute approximate surface area is 653 Å². The first-order chi connectivity index (χ1) is 53.2. The van der Waals surface area contributed by atoms with E-state index in [1.807, 2.05) is 92.1 Å². The van der Waals surface area contributed by atoms with Gasteiger partial charge in [-0.25, -0.2) is 29.1 Å². The van der Waals surface area contributed by atoms with E-state index in [0.29, 0.717) is 94.0 Å². The Morgan fingerprint density at radius 1 is 0.875 bits per heavy atom. The molecule has 0 bridgehead atoms. The van der Waals surface area contributed by atoms with Crippen molar-refractivity contribution in [2.75, 3.05) is 101 Å². The molecular weight excluding hydrogens is 1480 g/mol. The standard InChI is InChI=1S/C29H31N7O.C24H27FN2O4.C14H16N4.C12H17N3O4S.CH4O3S.H2O/c1-21-5-10-25(18-27(21)34-29-31-13-11-26(33-29)24-4-3-12-30-19-24)32-28(37)23-8-6-22(7-9-23)20-36-16-14-35(2)15-17-36;1-16(28)18-4-7-21(23(14-18)29-2)30-13-3-10-27-11-8-17(9-12-27)24-20-6-5-19(25)15-22(20)31-26-24;1-9(2)7-18-8-16-12-13(18)10-5-3-4-6-11(10)17-14(12)15;1-6(16)9-7-4-8(20-3-2-14-5-13)10(12(18)19)15(7)11(9)17;1-5(2,3)4;/h3-13,18-19H,14-17,20H2,1-2H3,(H,32,37)(H,31,33,34);4-7,14-15,17H,3,8-13H2,1-2H3;3-6,8-9H,7H2,1-2H3,(H2,15,17);5-7,9,16H,2-4H2,1H3,(H2,13,14)(H,18,19);1H3,(H,2,3,4);1H2/t;;;6-,7-,9-;;/m...1../s1. The number of hydrogen-bond donors (Lipinski definition) is 7. The quantitative estimate of drug-likeness (QED) is 0.00781. The summed E-state index contributed by atoms with van der Waals surface area (Å²) in [6, 6.07) is 37.0. The average molecular weight is 1570 g/mol. The smallest absolute Gasteiger partial charge is 0.353 e. The van der Waals surface area contributed by atoms with E-state index in [9.17, 15) is 42.2 Å². The van der Waals surface area contributed by atoms with Crippen LogP contribution in [-0.2, 0) is 32.8 Å². The summed E-state index contributed by atoms with van der Waals surface area (Å²) >= 11 is 1.38. The Morgan fingerprint density at radius 2 is 1.61 bits per heavy atom. The largest absolute Gasteiger partial charge is 0.493 e. The van der Waals surface area contributed by atoms with Gasteiger partial charge in [0.2, 0.25) is 11.9 Å². The number of benzene rings is 5. The number of carboxylic acids is 1. The lowest BCUT2D eigenvalue weighted by Crippen LogP contribution is -2.61. The zero-order valence-electron chi connectivity index (χ0n) is 63.9. The number of para-hydroxylation sites is 1. The third kappa shape index (κ3) is 22.9. The van der Waals surface area contributed by atoms with Gasteiger partial charge in [0.25, 0.3) is 16.0 Å². The molecule has 4 aliphatic heterocycles. The fourth-order valence-corrected chi connectivity index (χ4v) is 14.5. The molecule has 29 nitrogen and oxygen atoms in total. The molecule has 594 valence electrons. The molecule has 0 saturated carbocycles. The van der Waals surface area contributed by atoms with Gasteiger partial charge in [-0.2, -0.15) is 8.42 Å². The molecule has 11 N–H and O–H groups in total. The number of carbonyl (C=O) groups is 4. The van der Waals surface area contributed by atoms with E-state index in [1.165, 1.54) is 47.6 Å². The Bertz CT molecular complexity index is 5050. The number of likely N-dealkylation sites (N-methyl/N-ethyl adjacent to an activating group) is 1. The van der Waals surface area contributed by atoms with Crippen molar-refractivity contribution in [2.24, 2.45) is 22.6 Å². The van der Waals surface area contributed by atoms with E-state index >= 15 is 0 Å². The fraction of sp³-hybridized carbons (Fsp3) is 0.362. The van der Waals surface area contributed by atoms with Crippen molar-refractivity contribution in [3.63, 3.8) is 0 Å². The van der Waals surface area contributed by atoms with E-state index in [0.717, 1.165) is 134 Å². The number of ketones is 1. The average Bonchev–Trinajstić information content (AvgIpc) is 1.56. The van der Waals surface area contributed by atoms with E-state index in [4.69, 9.17) is 30.0 Å². The first-order valence-electron chi connectivity index (χ1n) is 36.5. The molecule has 3 saturated heterocycles. The number of aliphatic imine (C=N–C) groups is 1. The number of aliphatic carboxylic acids is 1. The maximum Gasteiger partial charge on any atom is 0.353 e. The van der Waals surface area contributed by atoms with Crippen LogP contribution >= 0.6 is 11.8 Å². The number of aromatic nitrogens is 7. The molecule has 3 atom stereocenters. The van der Waals surface area contributed by atoms with Crippen LogP contribution in [0.2, 0.25) is 0 Å². The van der Waals surface area contributed by atoms with Gasteiger partial charge in [0.1, 0.15) is 17.0 Å². The van der Waals surface area contributed by atoms with Gasteiger partial charge in [-0.1, -0.05) is 55.4 Å². The van der Waals surface area contributed by atoms with Crippen LogP contribution in [0.1, 0.15) is 96.8 Å². The maximum atomic E-state index is 13.4. The second-order valence-corrected chi connectivity index (χ2v) is 30.5. The molecule has 10 aromatic rings. The number of nitrogens with two attached hydrogens (primary N) is 2. The number of likely N-dealkylation sites (tertiary alicyclic amines) is 1. The second kappa shape index (κ2) is 39.9. The molecule has 9 heterocycles. The molecule has 0 radical (unpaired) electrons. The van der Waals surface area contributed by atoms with Gasteiger partial charge < -0.3 is 71.1 Å². The minimum atomic E-state index is -3.67. The van der Waals surface area contributed by atoms with E-state index in [1.54, 1.807) is 56.9 Å². The summed E-state index contributed by atoms with van der Waals surface area (Å²) in [4.78, 5) is 82.7. The number of rotatable bonds is 23. The molecule has 32 heteroatoms. The van der Waals surface area contributed by atoms with Crippen LogP contribution in [0.25, 0.3) is 44.2 Å². The number of β-lactam (4-membered cyclic amide) rings is 1. The van der Waals surface area contributed by atoms with Crippen molar-refractivity contribution in [3.8, 4) is 22.8 Å². The van der Waals surface area contributed by atoms with Gasteiger partial charge in [-0.3, -0.25) is 33.8 Å². The number of ether oxygens (including phenoxy) is 2. The van der Waals surface area contributed by atoms with Gasteiger partial charge in [0.05, 0.1) is 79.7 Å². The number of aryl methyl sites for hydroxylation is 1. The van der Waals surface area contributed by atoms with Crippen LogP contribution in [0.5, 0.6) is 11.5 Å². The number of pyridine rings is 2. The zero-order chi connectivity index (χ0) is 79.5. The molecule has 14 rings (SSSR count). The van der Waals surface area contributed by atoms with Crippen LogP contribution in [0, 0.1) is 24.6 Å². The highest BCUT2D eigenvalue weighted by atomic mass is 32.2. The molecule has 5 aromatic heterocycles. The van der Waals surface area contributed by atoms with Gasteiger partial charge in [-0.15, -0.1) is 11.8 Å². The van der Waals surface area contributed by atoms with Crippen molar-refractivity contribution >= 4 is 108 Å². The number of nitrogen functional groups attached to an aromatic ring is 1. The number of aliphatic hydroxyl groups is 1. The van der Waals surface area contributed by atoms with Gasteiger partial charge in [0, 0.05) is 132 Å². The summed E-state index contributed by atoms with van der Waals surface area (Å²) < 4.78 is 57.9. The number of piperazine rings is 1. The molecule has 4 aliphatic rings. The minimum absolute atomic E-state index is 0. The molecule has 0 spiro atoms. The minimum Gasteiger partial charge on any atom is -0.493 e. The first-order valence-corrected chi connectivity index (χ1v) is 39.3. The van der Waals surface area contributed by atoms with Crippen LogP contribution in [0.3, 0.4) is 0 Å². The number of halogens is 1. The second-order valence-electron chi connectivity index (χ2n) is 27.8. The third-order valence-electron chi connectivity index (χ3n) is 19.0. The number of hydrogen-bond acceptors (Lipinski definition) is 23. The number of Topliss-reactive ketones (excluding diaryl/α,β-unsaturated/α-hetero) is 1. The van der Waals surface area contributed by atoms with Crippen molar-refractivity contribution < 1.29 is 66.2 Å². The number of carboxylic acid groups (broad SMARTS) is 1. The zero-order valence-corrected chi connectivity index (χ0v) is 65.5. The number of carbonyl (C=O) groups excluding carboxylic acids is 3. The van der Waals surface area contributed by atoms with Crippen LogP contribution in [0.4, 0.5) is 27.5 Å². The molecule has 2 amide bonds. The monoisotopic (exact) mass is 1570 g/mol.